The van der Waals surface area contributed by atoms with E-state index in [9.17, 15) is 0 Å². The molecule has 0 aliphatic carbocycles. The van der Waals surface area contributed by atoms with Crippen LogP contribution in [0.15, 0.2) is 18.2 Å². The van der Waals surface area contributed by atoms with Crippen molar-refractivity contribution >= 4 is 23.2 Å². The van der Waals surface area contributed by atoms with Crippen LogP contribution >= 0.6 is 23.2 Å². The van der Waals surface area contributed by atoms with Crippen LogP contribution in [-0.4, -0.2) is 6.54 Å². The first-order valence-corrected chi connectivity index (χ1v) is 7.00. The minimum absolute atomic E-state index is 0.0240. The predicted molar refractivity (Wildman–Crippen MR) is 74.8 cm³/mol. The molecule has 0 bridgehead atoms. The van der Waals surface area contributed by atoms with Gasteiger partial charge in [-0.2, -0.15) is 0 Å². The highest BCUT2D eigenvalue weighted by Gasteiger charge is 2.37. The second-order valence-corrected chi connectivity index (χ2v) is 6.18. The molecule has 1 aromatic carbocycles. The highest BCUT2D eigenvalue weighted by molar-refractivity contribution is 6.33. The van der Waals surface area contributed by atoms with Gasteiger partial charge in [-0.15, -0.1) is 0 Å². The minimum Gasteiger partial charge on any atom is -0.307 e. The lowest BCUT2D eigenvalue weighted by Crippen LogP contribution is -2.38. The lowest BCUT2D eigenvalue weighted by Gasteiger charge is -2.33. The summed E-state index contributed by atoms with van der Waals surface area (Å²) in [6, 6.07) is 5.78. The van der Waals surface area contributed by atoms with E-state index in [-0.39, 0.29) is 5.54 Å². The van der Waals surface area contributed by atoms with Crippen molar-refractivity contribution in [1.29, 1.82) is 0 Å². The van der Waals surface area contributed by atoms with Crippen molar-refractivity contribution in [3.8, 4) is 0 Å². The van der Waals surface area contributed by atoms with Crippen LogP contribution in [0.2, 0.25) is 10.0 Å². The van der Waals surface area contributed by atoms with Gasteiger partial charge in [-0.3, -0.25) is 0 Å². The largest absolute Gasteiger partial charge is 0.307 e. The first kappa shape index (κ1) is 13.2. The zero-order valence-electron chi connectivity index (χ0n) is 10.4. The second kappa shape index (κ2) is 5.17. The average molecular weight is 272 g/mol. The van der Waals surface area contributed by atoms with Crippen LogP contribution in [0.4, 0.5) is 0 Å². The quantitative estimate of drug-likeness (QED) is 0.846. The summed E-state index contributed by atoms with van der Waals surface area (Å²) in [7, 11) is 0. The lowest BCUT2D eigenvalue weighted by molar-refractivity contribution is 0.311. The summed E-state index contributed by atoms with van der Waals surface area (Å²) < 4.78 is 0. The van der Waals surface area contributed by atoms with Gasteiger partial charge in [0.05, 0.1) is 0 Å². The standard InChI is InChI=1S/C14H19Cl2N/c1-10(2)9-14(6-3-7-17-14)12-8-11(15)4-5-13(12)16/h4-5,8,10,17H,3,6-7,9H2,1-2H3. The van der Waals surface area contributed by atoms with Gasteiger partial charge in [0.25, 0.3) is 0 Å². The molecule has 1 aromatic rings. The van der Waals surface area contributed by atoms with Crippen LogP contribution in [0.5, 0.6) is 0 Å². The van der Waals surface area contributed by atoms with Gasteiger partial charge in [0.15, 0.2) is 0 Å². The van der Waals surface area contributed by atoms with E-state index >= 15 is 0 Å². The summed E-state index contributed by atoms with van der Waals surface area (Å²) in [5.41, 5.74) is 1.19. The van der Waals surface area contributed by atoms with Crippen LogP contribution < -0.4 is 5.32 Å². The van der Waals surface area contributed by atoms with Crippen molar-refractivity contribution in [2.24, 2.45) is 5.92 Å². The summed E-state index contributed by atoms with van der Waals surface area (Å²) in [6.45, 7) is 5.57. The molecule has 1 fully saturated rings. The molecule has 1 aliphatic heterocycles. The molecule has 1 atom stereocenters. The van der Waals surface area contributed by atoms with Gasteiger partial charge in [-0.1, -0.05) is 37.0 Å². The number of hydrogen-bond donors (Lipinski definition) is 1. The molecule has 3 heteroatoms. The first-order chi connectivity index (χ1) is 8.03. The predicted octanol–water partition coefficient (Wildman–Crippen LogP) is 4.62. The third-order valence-corrected chi connectivity index (χ3v) is 4.01. The molecule has 0 amide bonds. The molecule has 0 radical (unpaired) electrons. The normalized spacial score (nSPS) is 24.5. The Kier molecular flexibility index (Phi) is 4.02. The number of rotatable bonds is 3. The van der Waals surface area contributed by atoms with Crippen molar-refractivity contribution < 1.29 is 0 Å². The van der Waals surface area contributed by atoms with Gasteiger partial charge in [0, 0.05) is 15.6 Å². The molecular weight excluding hydrogens is 253 g/mol. The van der Waals surface area contributed by atoms with E-state index in [0.717, 1.165) is 35.0 Å². The Morgan fingerprint density at radius 2 is 2.12 bits per heavy atom. The van der Waals surface area contributed by atoms with E-state index in [2.05, 4.69) is 19.2 Å². The Hall–Kier alpha value is -0.240. The van der Waals surface area contributed by atoms with Gasteiger partial charge in [0.1, 0.15) is 0 Å². The lowest BCUT2D eigenvalue weighted by atomic mass is 9.81. The zero-order valence-corrected chi connectivity index (χ0v) is 11.9. The number of benzene rings is 1. The van der Waals surface area contributed by atoms with Crippen molar-refractivity contribution in [2.45, 2.75) is 38.6 Å². The van der Waals surface area contributed by atoms with E-state index < -0.39 is 0 Å². The fraction of sp³-hybridized carbons (Fsp3) is 0.571. The molecule has 0 spiro atoms. The van der Waals surface area contributed by atoms with E-state index in [1.54, 1.807) is 0 Å². The summed E-state index contributed by atoms with van der Waals surface area (Å²) >= 11 is 12.5. The fourth-order valence-electron chi connectivity index (χ4n) is 2.88. The van der Waals surface area contributed by atoms with E-state index in [1.165, 1.54) is 6.42 Å². The van der Waals surface area contributed by atoms with E-state index in [1.807, 2.05) is 18.2 Å². The SMILES string of the molecule is CC(C)CC1(c2cc(Cl)ccc2Cl)CCCN1. The van der Waals surface area contributed by atoms with Crippen molar-refractivity contribution in [1.82, 2.24) is 5.32 Å². The van der Waals surface area contributed by atoms with Crippen molar-refractivity contribution in [3.63, 3.8) is 0 Å². The Bertz CT molecular complexity index is 395. The van der Waals surface area contributed by atoms with Crippen molar-refractivity contribution in [3.05, 3.63) is 33.8 Å². The highest BCUT2D eigenvalue weighted by atomic mass is 35.5. The Balaban J connectivity index is 2.41. The molecular formula is C14H19Cl2N. The molecule has 1 aliphatic rings. The fourth-order valence-corrected chi connectivity index (χ4v) is 3.35. The van der Waals surface area contributed by atoms with Crippen LogP contribution in [0.1, 0.15) is 38.7 Å². The average Bonchev–Trinajstić information content (AvgIpc) is 2.70. The second-order valence-electron chi connectivity index (χ2n) is 5.33. The highest BCUT2D eigenvalue weighted by Crippen LogP contribution is 2.40. The smallest absolute Gasteiger partial charge is 0.0457 e. The zero-order chi connectivity index (χ0) is 12.5. The van der Waals surface area contributed by atoms with Crippen molar-refractivity contribution in [2.75, 3.05) is 6.54 Å². The van der Waals surface area contributed by atoms with Gasteiger partial charge < -0.3 is 5.32 Å². The first-order valence-electron chi connectivity index (χ1n) is 6.24. The molecule has 0 aromatic heterocycles. The van der Waals surface area contributed by atoms with Crippen LogP contribution in [0, 0.1) is 5.92 Å². The molecule has 2 rings (SSSR count). The maximum atomic E-state index is 6.35. The molecule has 0 saturated carbocycles. The number of halogens is 2. The summed E-state index contributed by atoms with van der Waals surface area (Å²) in [6.07, 6.45) is 3.45. The Morgan fingerprint density at radius 1 is 1.35 bits per heavy atom. The van der Waals surface area contributed by atoms with Crippen LogP contribution in [0.25, 0.3) is 0 Å². The Morgan fingerprint density at radius 3 is 2.71 bits per heavy atom. The molecule has 94 valence electrons. The molecule has 1 saturated heterocycles. The van der Waals surface area contributed by atoms with Gasteiger partial charge >= 0.3 is 0 Å². The summed E-state index contributed by atoms with van der Waals surface area (Å²) in [5, 5.41) is 5.23. The van der Waals surface area contributed by atoms with Crippen LogP contribution in [-0.2, 0) is 5.54 Å². The molecule has 17 heavy (non-hydrogen) atoms. The van der Waals surface area contributed by atoms with Crippen LogP contribution in [0.3, 0.4) is 0 Å². The Labute approximate surface area is 114 Å². The van der Waals surface area contributed by atoms with Gasteiger partial charge in [-0.05, 0) is 55.5 Å². The monoisotopic (exact) mass is 271 g/mol. The maximum Gasteiger partial charge on any atom is 0.0457 e. The van der Waals surface area contributed by atoms with E-state index in [4.69, 9.17) is 23.2 Å². The third-order valence-electron chi connectivity index (χ3n) is 3.44. The topological polar surface area (TPSA) is 12.0 Å². The molecule has 1 nitrogen and oxygen atoms in total. The molecule has 1 heterocycles. The molecule has 1 N–H and O–H groups in total. The molecule has 1 unspecified atom stereocenters. The van der Waals surface area contributed by atoms with Gasteiger partial charge in [0.2, 0.25) is 0 Å². The number of hydrogen-bond acceptors (Lipinski definition) is 1. The van der Waals surface area contributed by atoms with Gasteiger partial charge in [-0.25, -0.2) is 0 Å². The third kappa shape index (κ3) is 2.78. The summed E-state index contributed by atoms with van der Waals surface area (Å²) in [5.74, 6) is 0.635. The maximum absolute atomic E-state index is 6.35. The van der Waals surface area contributed by atoms with E-state index in [0.29, 0.717) is 5.92 Å². The number of nitrogens with one attached hydrogen (secondary N) is 1. The minimum atomic E-state index is 0.0240. The summed E-state index contributed by atoms with van der Waals surface area (Å²) in [4.78, 5) is 0.